The number of nitriles is 6. The van der Waals surface area contributed by atoms with Crippen molar-refractivity contribution in [2.75, 3.05) is 0 Å². The van der Waals surface area contributed by atoms with Gasteiger partial charge < -0.3 is 9.13 Å². The molecule has 8 aromatic rings. The van der Waals surface area contributed by atoms with Gasteiger partial charge >= 0.3 is 0 Å². The Balaban J connectivity index is 1.38. The Morgan fingerprint density at radius 1 is 0.340 bits per heavy atom. The van der Waals surface area contributed by atoms with Gasteiger partial charge in [-0.05, 0) is 71.8 Å². The number of fused-ring (bicyclic) bond motifs is 6. The lowest BCUT2D eigenvalue weighted by Crippen LogP contribution is -2.02. The Morgan fingerprint density at radius 3 is 1.02 bits per heavy atom. The van der Waals surface area contributed by atoms with Crippen LogP contribution in [0.5, 0.6) is 0 Å². The number of hydrogen-bond acceptors (Lipinski definition) is 6. The minimum atomic E-state index is 0.232. The third-order valence-electron chi connectivity index (χ3n) is 9.09. The Kier molecular flexibility index (Phi) is 6.60. The smallest absolute Gasteiger partial charge is 0.101 e. The van der Waals surface area contributed by atoms with E-state index in [0.717, 1.165) is 54.7 Å². The molecule has 2 aromatic heterocycles. The maximum atomic E-state index is 10.1. The van der Waals surface area contributed by atoms with Crippen LogP contribution in [0, 0.1) is 68.0 Å². The van der Waals surface area contributed by atoms with Crippen molar-refractivity contribution in [3.05, 3.63) is 143 Å². The highest BCUT2D eigenvalue weighted by Crippen LogP contribution is 2.40. The molecule has 2 heterocycles. The molecule has 226 valence electrons. The molecule has 8 nitrogen and oxygen atoms in total. The van der Waals surface area contributed by atoms with Gasteiger partial charge in [0.1, 0.15) is 24.3 Å². The van der Waals surface area contributed by atoms with E-state index in [4.69, 9.17) is 0 Å². The first-order valence-electron chi connectivity index (χ1n) is 15.4. The van der Waals surface area contributed by atoms with Crippen LogP contribution < -0.4 is 0 Å². The average Bonchev–Trinajstić information content (AvgIpc) is 3.68. The summed E-state index contributed by atoms with van der Waals surface area (Å²) in [6, 6.07) is 46.7. The molecule has 0 saturated carbocycles. The van der Waals surface area contributed by atoms with Crippen LogP contribution in [-0.4, -0.2) is 9.13 Å². The fourth-order valence-corrected chi connectivity index (χ4v) is 7.01. The van der Waals surface area contributed by atoms with E-state index < -0.39 is 0 Å². The van der Waals surface area contributed by atoms with Crippen LogP contribution in [0.4, 0.5) is 0 Å². The van der Waals surface area contributed by atoms with Gasteiger partial charge in [0.2, 0.25) is 0 Å². The molecule has 0 unspecified atom stereocenters. The highest BCUT2D eigenvalue weighted by atomic mass is 15.0. The van der Waals surface area contributed by atoms with E-state index in [0.29, 0.717) is 11.4 Å². The van der Waals surface area contributed by atoms with Crippen molar-refractivity contribution >= 4 is 43.6 Å². The Morgan fingerprint density at radius 2 is 0.680 bits per heavy atom. The van der Waals surface area contributed by atoms with Crippen molar-refractivity contribution in [3.8, 4) is 58.9 Å². The van der Waals surface area contributed by atoms with Crippen LogP contribution >= 0.6 is 0 Å². The third kappa shape index (κ3) is 4.19. The zero-order valence-electron chi connectivity index (χ0n) is 26.0. The number of aromatic nitrogens is 2. The molecule has 8 rings (SSSR count). The van der Waals surface area contributed by atoms with E-state index in [2.05, 4.69) is 36.4 Å². The lowest BCUT2D eigenvalue weighted by Gasteiger charge is -2.13. The molecule has 0 spiro atoms. The molecule has 6 aromatic carbocycles. The van der Waals surface area contributed by atoms with Gasteiger partial charge in [-0.25, -0.2) is 0 Å². The van der Waals surface area contributed by atoms with Gasteiger partial charge in [-0.1, -0.05) is 48.5 Å². The molecule has 0 bridgehead atoms. The van der Waals surface area contributed by atoms with Gasteiger partial charge in [0, 0.05) is 21.5 Å². The maximum Gasteiger partial charge on any atom is 0.101 e. The molecule has 0 aliphatic heterocycles. The zero-order valence-corrected chi connectivity index (χ0v) is 26.0. The Hall–Kier alpha value is -8.14. The summed E-state index contributed by atoms with van der Waals surface area (Å²) in [7, 11) is 0. The largest absolute Gasteiger partial charge is 0.307 e. The number of benzene rings is 6. The summed E-state index contributed by atoms with van der Waals surface area (Å²) in [5, 5.41) is 63.1. The first kappa shape index (κ1) is 29.3. The van der Waals surface area contributed by atoms with Crippen LogP contribution in [0.15, 0.2) is 109 Å². The van der Waals surface area contributed by atoms with E-state index >= 15 is 0 Å². The van der Waals surface area contributed by atoms with Gasteiger partial charge in [-0.2, -0.15) is 31.6 Å². The van der Waals surface area contributed by atoms with Crippen molar-refractivity contribution in [2.45, 2.75) is 0 Å². The molecule has 0 saturated heterocycles. The summed E-state index contributed by atoms with van der Waals surface area (Å²) in [5.74, 6) is 0. The first-order chi connectivity index (χ1) is 24.5. The van der Waals surface area contributed by atoms with E-state index in [1.54, 1.807) is 0 Å². The summed E-state index contributed by atoms with van der Waals surface area (Å²) in [6.07, 6.45) is 0. The van der Waals surface area contributed by atoms with Crippen molar-refractivity contribution in [1.29, 1.82) is 31.6 Å². The van der Waals surface area contributed by atoms with Crippen molar-refractivity contribution in [3.63, 3.8) is 0 Å². The van der Waals surface area contributed by atoms with E-state index in [-0.39, 0.29) is 33.4 Å². The monoisotopic (exact) mass is 634 g/mol. The summed E-state index contributed by atoms with van der Waals surface area (Å²) in [6.45, 7) is 0. The SMILES string of the molecule is N#Cc1cc(C#N)c(-n2c3ccccc3c3cc(-c4ccc5c(c4)c4ccccc4n5-c4c(C#N)cc(C#N)cc4C#N)ccc32)c(C#N)c1. The fraction of sp³-hybridized carbons (Fsp3) is 0. The van der Waals surface area contributed by atoms with Crippen molar-refractivity contribution < 1.29 is 0 Å². The standard InChI is InChI=1S/C42H18N8/c43-19-25-13-29(21-45)41(30(14-25)22-46)49-37-7-3-1-5-33(37)35-17-27(9-11-39(35)49)28-10-12-40-36(18-28)34-6-2-4-8-38(34)50(40)42-31(23-47)15-26(20-44)16-32(42)24-48/h1-18H. The van der Waals surface area contributed by atoms with Crippen molar-refractivity contribution in [1.82, 2.24) is 9.13 Å². The summed E-state index contributed by atoms with van der Waals surface area (Å²) >= 11 is 0. The van der Waals surface area contributed by atoms with E-state index in [1.165, 1.54) is 24.3 Å². The lowest BCUT2D eigenvalue weighted by molar-refractivity contribution is 1.15. The minimum absolute atomic E-state index is 0.232. The molecule has 0 aliphatic rings. The number of para-hydroxylation sites is 2. The minimum Gasteiger partial charge on any atom is -0.307 e. The molecular weight excluding hydrogens is 617 g/mol. The first-order valence-corrected chi connectivity index (χ1v) is 15.4. The summed E-state index contributed by atoms with van der Waals surface area (Å²) in [4.78, 5) is 0. The lowest BCUT2D eigenvalue weighted by atomic mass is 10.0. The molecule has 0 atom stereocenters. The predicted molar refractivity (Wildman–Crippen MR) is 189 cm³/mol. The topological polar surface area (TPSA) is 153 Å². The second kappa shape index (κ2) is 11.3. The number of nitrogens with zero attached hydrogens (tertiary/aromatic N) is 8. The predicted octanol–water partition coefficient (Wildman–Crippen LogP) is 8.78. The molecule has 0 radical (unpaired) electrons. The van der Waals surface area contributed by atoms with Crippen LogP contribution in [0.2, 0.25) is 0 Å². The molecular formula is C42H18N8. The molecule has 0 aliphatic carbocycles. The quantitative estimate of drug-likeness (QED) is 0.189. The van der Waals surface area contributed by atoms with Gasteiger partial charge in [-0.3, -0.25) is 0 Å². The van der Waals surface area contributed by atoms with Crippen LogP contribution in [0.1, 0.15) is 33.4 Å². The van der Waals surface area contributed by atoms with Crippen LogP contribution in [0.3, 0.4) is 0 Å². The molecule has 0 amide bonds. The zero-order chi connectivity index (χ0) is 34.5. The average molecular weight is 635 g/mol. The highest BCUT2D eigenvalue weighted by Gasteiger charge is 2.22. The molecule has 50 heavy (non-hydrogen) atoms. The van der Waals surface area contributed by atoms with E-state index in [1.807, 2.05) is 94.1 Å². The Labute approximate surface area is 285 Å². The normalized spacial score (nSPS) is 10.7. The van der Waals surface area contributed by atoms with Crippen LogP contribution in [0.25, 0.3) is 66.1 Å². The third-order valence-corrected chi connectivity index (χ3v) is 9.09. The highest BCUT2D eigenvalue weighted by molar-refractivity contribution is 6.13. The Bertz CT molecular complexity index is 2780. The summed E-state index contributed by atoms with van der Waals surface area (Å²) in [5.41, 5.74) is 7.40. The second-order valence-corrected chi connectivity index (χ2v) is 11.7. The van der Waals surface area contributed by atoms with E-state index in [9.17, 15) is 31.6 Å². The van der Waals surface area contributed by atoms with Gasteiger partial charge in [0.25, 0.3) is 0 Å². The molecule has 0 fully saturated rings. The maximum absolute atomic E-state index is 10.1. The summed E-state index contributed by atoms with van der Waals surface area (Å²) < 4.78 is 3.83. The van der Waals surface area contributed by atoms with Gasteiger partial charge in [0.05, 0.1) is 79.0 Å². The number of rotatable bonds is 3. The second-order valence-electron chi connectivity index (χ2n) is 11.7. The molecule has 0 N–H and O–H groups in total. The molecule has 8 heteroatoms. The van der Waals surface area contributed by atoms with Crippen LogP contribution in [-0.2, 0) is 0 Å². The van der Waals surface area contributed by atoms with Gasteiger partial charge in [0.15, 0.2) is 0 Å². The van der Waals surface area contributed by atoms with Crippen molar-refractivity contribution in [2.24, 2.45) is 0 Å². The van der Waals surface area contributed by atoms with Gasteiger partial charge in [-0.15, -0.1) is 0 Å². The number of hydrogen-bond donors (Lipinski definition) is 0. The fourth-order valence-electron chi connectivity index (χ4n) is 7.01.